The zero-order valence-electron chi connectivity index (χ0n) is 18.5. The molecule has 0 radical (unpaired) electrons. The van der Waals surface area contributed by atoms with Crippen LogP contribution in [0.25, 0.3) is 10.2 Å². The van der Waals surface area contributed by atoms with Gasteiger partial charge in [0.1, 0.15) is 5.82 Å². The number of nitrogens with one attached hydrogen (secondary N) is 2. The Bertz CT molecular complexity index is 1410. The first-order valence-electron chi connectivity index (χ1n) is 10.9. The molecule has 0 bridgehead atoms. The molecule has 0 unspecified atom stereocenters. The first-order valence-corrected chi connectivity index (χ1v) is 12.1. The molecular formula is C24H20ClFN6O2S. The number of pyridine rings is 1. The van der Waals surface area contributed by atoms with E-state index in [-0.39, 0.29) is 29.8 Å². The van der Waals surface area contributed by atoms with Gasteiger partial charge in [0.15, 0.2) is 5.69 Å². The second kappa shape index (κ2) is 9.55. The van der Waals surface area contributed by atoms with Crippen LogP contribution in [-0.2, 0) is 0 Å². The van der Waals surface area contributed by atoms with Crippen LogP contribution in [0, 0.1) is 5.82 Å². The number of carbonyl (C=O) groups is 2. The average molecular weight is 511 g/mol. The fourth-order valence-electron chi connectivity index (χ4n) is 3.77. The summed E-state index contributed by atoms with van der Waals surface area (Å²) >= 11 is 7.26. The molecule has 5 rings (SSSR count). The van der Waals surface area contributed by atoms with E-state index in [1.54, 1.807) is 35.4 Å². The summed E-state index contributed by atoms with van der Waals surface area (Å²) in [5, 5.41) is 8.47. The van der Waals surface area contributed by atoms with Gasteiger partial charge in [-0.25, -0.2) is 14.4 Å². The maximum absolute atomic E-state index is 13.6. The number of hydrogen-bond donors (Lipinski definition) is 2. The highest BCUT2D eigenvalue weighted by atomic mass is 35.5. The third-order valence-electron chi connectivity index (χ3n) is 5.69. The Morgan fingerprint density at radius 1 is 1.17 bits per heavy atom. The number of nitrogens with zero attached hydrogens (tertiary/aromatic N) is 4. The van der Waals surface area contributed by atoms with E-state index in [1.807, 2.05) is 18.4 Å². The highest BCUT2D eigenvalue weighted by Gasteiger charge is 2.34. The number of hydrogen-bond acceptors (Lipinski definition) is 7. The largest absolute Gasteiger partial charge is 0.348 e. The predicted octanol–water partition coefficient (Wildman–Crippen LogP) is 4.31. The van der Waals surface area contributed by atoms with Crippen LogP contribution < -0.4 is 10.6 Å². The van der Waals surface area contributed by atoms with Crippen molar-refractivity contribution in [3.05, 3.63) is 81.8 Å². The number of benzene rings is 1. The lowest BCUT2D eigenvalue weighted by molar-refractivity contribution is 0.0539. The van der Waals surface area contributed by atoms with Crippen LogP contribution in [0.5, 0.6) is 0 Å². The Morgan fingerprint density at radius 3 is 2.69 bits per heavy atom. The Balaban J connectivity index is 1.28. The van der Waals surface area contributed by atoms with Crippen LogP contribution in [0.3, 0.4) is 0 Å². The summed E-state index contributed by atoms with van der Waals surface area (Å²) in [6.45, 7) is 2.59. The fourth-order valence-corrected chi connectivity index (χ4v) is 4.71. The van der Waals surface area contributed by atoms with Crippen molar-refractivity contribution in [3.8, 4) is 0 Å². The van der Waals surface area contributed by atoms with Crippen LogP contribution in [-0.4, -0.2) is 50.8 Å². The van der Waals surface area contributed by atoms with Gasteiger partial charge in [0.2, 0.25) is 5.95 Å². The molecule has 1 aliphatic heterocycles. The molecule has 178 valence electrons. The molecule has 11 heteroatoms. The average Bonchev–Trinajstić information content (AvgIpc) is 3.29. The van der Waals surface area contributed by atoms with E-state index < -0.39 is 5.82 Å². The standard InChI is InChI=1S/C24H20ClFN6O2S/c1-13(15-8-17(26)10-27-9-15)28-24-30-19-6-7-35-21(19)20(31-24)23(34)32-11-18(12-32)29-22(33)14-2-4-16(25)5-3-14/h2-10,13,18H,11-12H2,1H3,(H,29,33)(H,28,30,31)/t13-/m0/s1. The molecule has 3 aromatic heterocycles. The third kappa shape index (κ3) is 4.94. The molecule has 4 aromatic rings. The van der Waals surface area contributed by atoms with Crippen LogP contribution >= 0.6 is 22.9 Å². The first kappa shape index (κ1) is 23.1. The number of halogens is 2. The van der Waals surface area contributed by atoms with Crippen LogP contribution in [0.2, 0.25) is 5.02 Å². The number of amides is 2. The van der Waals surface area contributed by atoms with Crippen molar-refractivity contribution in [2.75, 3.05) is 18.4 Å². The molecule has 0 saturated carbocycles. The van der Waals surface area contributed by atoms with Gasteiger partial charge in [-0.3, -0.25) is 14.6 Å². The summed E-state index contributed by atoms with van der Waals surface area (Å²) < 4.78 is 14.2. The molecule has 1 atom stereocenters. The van der Waals surface area contributed by atoms with Gasteiger partial charge < -0.3 is 15.5 Å². The molecule has 1 fully saturated rings. The maximum atomic E-state index is 13.6. The summed E-state index contributed by atoms with van der Waals surface area (Å²) in [6, 6.07) is 9.36. The molecular weight excluding hydrogens is 491 g/mol. The number of likely N-dealkylation sites (tertiary alicyclic amines) is 1. The third-order valence-corrected chi connectivity index (χ3v) is 6.85. The molecule has 2 N–H and O–H groups in total. The molecule has 1 saturated heterocycles. The van der Waals surface area contributed by atoms with Gasteiger partial charge >= 0.3 is 0 Å². The lowest BCUT2D eigenvalue weighted by Crippen LogP contribution is -2.61. The highest BCUT2D eigenvalue weighted by Crippen LogP contribution is 2.27. The highest BCUT2D eigenvalue weighted by molar-refractivity contribution is 7.17. The maximum Gasteiger partial charge on any atom is 0.274 e. The van der Waals surface area contributed by atoms with E-state index in [4.69, 9.17) is 11.6 Å². The van der Waals surface area contributed by atoms with Crippen molar-refractivity contribution in [1.82, 2.24) is 25.2 Å². The zero-order chi connectivity index (χ0) is 24.5. The summed E-state index contributed by atoms with van der Waals surface area (Å²) in [5.74, 6) is -0.616. The van der Waals surface area contributed by atoms with Crippen LogP contribution in [0.15, 0.2) is 54.2 Å². The summed E-state index contributed by atoms with van der Waals surface area (Å²) in [6.07, 6.45) is 2.70. The number of carbonyl (C=O) groups excluding carboxylic acids is 2. The van der Waals surface area contributed by atoms with Gasteiger partial charge in [-0.05, 0) is 54.3 Å². The van der Waals surface area contributed by atoms with Gasteiger partial charge in [0, 0.05) is 29.9 Å². The molecule has 35 heavy (non-hydrogen) atoms. The van der Waals surface area contributed by atoms with Crippen molar-refractivity contribution in [2.45, 2.75) is 19.0 Å². The molecule has 8 nitrogen and oxygen atoms in total. The summed E-state index contributed by atoms with van der Waals surface area (Å²) in [4.78, 5) is 40.2. The number of anilines is 1. The van der Waals surface area contributed by atoms with Crippen molar-refractivity contribution in [3.63, 3.8) is 0 Å². The van der Waals surface area contributed by atoms with E-state index >= 15 is 0 Å². The van der Waals surface area contributed by atoms with Gasteiger partial charge in [0.05, 0.1) is 28.5 Å². The Hall–Kier alpha value is -3.63. The second-order valence-electron chi connectivity index (χ2n) is 8.22. The number of rotatable bonds is 6. The lowest BCUT2D eigenvalue weighted by atomic mass is 10.1. The topological polar surface area (TPSA) is 100 Å². The molecule has 0 aliphatic carbocycles. The Kier molecular flexibility index (Phi) is 6.31. The number of thiophene rings is 1. The van der Waals surface area contributed by atoms with Gasteiger partial charge in [-0.1, -0.05) is 11.6 Å². The SMILES string of the molecule is C[C@H](Nc1nc(C(=O)N2CC(NC(=O)c3ccc(Cl)cc3)C2)c2sccc2n1)c1cncc(F)c1. The fraction of sp³-hybridized carbons (Fsp3) is 0.208. The van der Waals surface area contributed by atoms with Crippen molar-refractivity contribution < 1.29 is 14.0 Å². The number of aromatic nitrogens is 3. The Labute approximate surface area is 209 Å². The molecule has 2 amide bonds. The lowest BCUT2D eigenvalue weighted by Gasteiger charge is -2.39. The van der Waals surface area contributed by atoms with E-state index in [2.05, 4.69) is 25.6 Å². The molecule has 0 spiro atoms. The normalized spacial score (nSPS) is 14.4. The van der Waals surface area contributed by atoms with Gasteiger partial charge in [-0.15, -0.1) is 11.3 Å². The van der Waals surface area contributed by atoms with E-state index in [0.29, 0.717) is 45.1 Å². The van der Waals surface area contributed by atoms with Crippen molar-refractivity contribution >= 4 is 50.9 Å². The smallest absolute Gasteiger partial charge is 0.274 e. The van der Waals surface area contributed by atoms with E-state index in [9.17, 15) is 14.0 Å². The molecule has 4 heterocycles. The van der Waals surface area contributed by atoms with Crippen molar-refractivity contribution in [2.24, 2.45) is 0 Å². The van der Waals surface area contributed by atoms with Gasteiger partial charge in [0.25, 0.3) is 11.8 Å². The van der Waals surface area contributed by atoms with Crippen molar-refractivity contribution in [1.29, 1.82) is 0 Å². The van der Waals surface area contributed by atoms with Gasteiger partial charge in [-0.2, -0.15) is 0 Å². The van der Waals surface area contributed by atoms with Crippen LogP contribution in [0.1, 0.15) is 39.4 Å². The second-order valence-corrected chi connectivity index (χ2v) is 9.57. The minimum Gasteiger partial charge on any atom is -0.348 e. The zero-order valence-corrected chi connectivity index (χ0v) is 20.1. The van der Waals surface area contributed by atoms with E-state index in [0.717, 1.165) is 6.20 Å². The number of fused-ring (bicyclic) bond motifs is 1. The molecule has 1 aliphatic rings. The minimum absolute atomic E-state index is 0.152. The minimum atomic E-state index is -0.434. The summed E-state index contributed by atoms with van der Waals surface area (Å²) in [5.41, 5.74) is 2.08. The molecule has 1 aromatic carbocycles. The Morgan fingerprint density at radius 2 is 1.94 bits per heavy atom. The van der Waals surface area contributed by atoms with Crippen LogP contribution in [0.4, 0.5) is 10.3 Å². The van der Waals surface area contributed by atoms with E-state index in [1.165, 1.54) is 17.4 Å². The monoisotopic (exact) mass is 510 g/mol. The first-order chi connectivity index (χ1) is 16.9. The quantitative estimate of drug-likeness (QED) is 0.401. The summed E-state index contributed by atoms with van der Waals surface area (Å²) in [7, 11) is 0. The predicted molar refractivity (Wildman–Crippen MR) is 132 cm³/mol.